The first-order valence-corrected chi connectivity index (χ1v) is 8.77. The van der Waals surface area contributed by atoms with Gasteiger partial charge in [-0.1, -0.05) is 44.5 Å². The molecule has 2 aromatic rings. The second kappa shape index (κ2) is 6.45. The number of benzene rings is 2. The van der Waals surface area contributed by atoms with Gasteiger partial charge in [0.05, 0.1) is 4.90 Å². The van der Waals surface area contributed by atoms with Gasteiger partial charge in [0.1, 0.15) is 0 Å². The molecule has 0 amide bonds. The summed E-state index contributed by atoms with van der Waals surface area (Å²) in [7, 11) is -3.54. The molecule has 0 aliphatic rings. The molecule has 0 aromatic heterocycles. The molecular weight excluding hydrogens is 284 g/mol. The molecule has 0 fully saturated rings. The Morgan fingerprint density at radius 2 is 1.76 bits per heavy atom. The van der Waals surface area contributed by atoms with E-state index in [0.29, 0.717) is 16.0 Å². The highest BCUT2D eigenvalue weighted by molar-refractivity contribution is 7.89. The molecule has 3 N–H and O–H groups in total. The summed E-state index contributed by atoms with van der Waals surface area (Å²) in [6.07, 6.45) is 2.56. The van der Waals surface area contributed by atoms with Crippen LogP contribution in [0.2, 0.25) is 0 Å². The van der Waals surface area contributed by atoms with E-state index in [1.807, 2.05) is 25.1 Å². The monoisotopic (exact) mass is 306 g/mol. The highest BCUT2D eigenvalue weighted by Gasteiger charge is 2.21. The Hall–Kier alpha value is -1.59. The minimum Gasteiger partial charge on any atom is -0.398 e. The maximum absolute atomic E-state index is 12.6. The summed E-state index contributed by atoms with van der Waals surface area (Å²) in [6, 6.07) is 10.5. The van der Waals surface area contributed by atoms with E-state index < -0.39 is 10.0 Å². The Labute approximate surface area is 126 Å². The standard InChI is InChI=1S/C16H22N2O2S/c1-3-7-12(4-2)18-21(19,20)16-11-10-15(17)13-8-5-6-9-14(13)16/h5-6,8-12,18H,3-4,7,17H2,1-2H3. The van der Waals surface area contributed by atoms with Gasteiger partial charge in [-0.15, -0.1) is 0 Å². The normalized spacial score (nSPS) is 13.4. The van der Waals surface area contributed by atoms with Gasteiger partial charge in [0.2, 0.25) is 10.0 Å². The topological polar surface area (TPSA) is 72.2 Å². The molecule has 0 aliphatic heterocycles. The fraction of sp³-hybridized carbons (Fsp3) is 0.375. The maximum Gasteiger partial charge on any atom is 0.241 e. The highest BCUT2D eigenvalue weighted by atomic mass is 32.2. The van der Waals surface area contributed by atoms with Gasteiger partial charge in [-0.3, -0.25) is 0 Å². The quantitative estimate of drug-likeness (QED) is 0.804. The Kier molecular flexibility index (Phi) is 4.85. The number of nitrogen functional groups attached to an aromatic ring is 1. The second-order valence-corrected chi connectivity index (χ2v) is 6.90. The minimum atomic E-state index is -3.54. The fourth-order valence-electron chi connectivity index (χ4n) is 2.51. The Balaban J connectivity index is 2.48. The van der Waals surface area contributed by atoms with Gasteiger partial charge < -0.3 is 5.73 Å². The summed E-state index contributed by atoms with van der Waals surface area (Å²) < 4.78 is 28.1. The number of sulfonamides is 1. The zero-order chi connectivity index (χ0) is 15.5. The molecule has 0 spiro atoms. The third-order valence-corrected chi connectivity index (χ3v) is 5.24. The van der Waals surface area contributed by atoms with E-state index >= 15 is 0 Å². The molecule has 0 heterocycles. The molecule has 0 aliphatic carbocycles. The summed E-state index contributed by atoms with van der Waals surface area (Å²) in [5.74, 6) is 0. The number of hydrogen-bond donors (Lipinski definition) is 2. The first kappa shape index (κ1) is 15.8. The SMILES string of the molecule is CCCC(CC)NS(=O)(=O)c1ccc(N)c2ccccc12. The minimum absolute atomic E-state index is 0.0312. The van der Waals surface area contributed by atoms with Crippen LogP contribution in [-0.2, 0) is 10.0 Å². The van der Waals surface area contributed by atoms with Crippen LogP contribution in [0.4, 0.5) is 5.69 Å². The lowest BCUT2D eigenvalue weighted by Crippen LogP contribution is -2.34. The summed E-state index contributed by atoms with van der Waals surface area (Å²) in [5.41, 5.74) is 6.52. The van der Waals surface area contributed by atoms with Crippen LogP contribution in [0.3, 0.4) is 0 Å². The van der Waals surface area contributed by atoms with E-state index in [4.69, 9.17) is 5.73 Å². The summed E-state index contributed by atoms with van der Waals surface area (Å²) in [5, 5.41) is 1.43. The van der Waals surface area contributed by atoms with Gasteiger partial charge in [-0.05, 0) is 25.0 Å². The number of anilines is 1. The van der Waals surface area contributed by atoms with Crippen LogP contribution in [0.15, 0.2) is 41.3 Å². The predicted octanol–water partition coefficient (Wildman–Crippen LogP) is 3.28. The van der Waals surface area contributed by atoms with Gasteiger partial charge in [0, 0.05) is 22.5 Å². The van der Waals surface area contributed by atoms with Gasteiger partial charge in [0.25, 0.3) is 0 Å². The van der Waals surface area contributed by atoms with Gasteiger partial charge >= 0.3 is 0 Å². The first-order chi connectivity index (χ1) is 9.99. The molecule has 0 radical (unpaired) electrons. The van der Waals surface area contributed by atoms with Gasteiger partial charge in [0.15, 0.2) is 0 Å². The lowest BCUT2D eigenvalue weighted by molar-refractivity contribution is 0.513. The van der Waals surface area contributed by atoms with Crippen molar-refractivity contribution in [2.75, 3.05) is 5.73 Å². The average Bonchev–Trinajstić information content (AvgIpc) is 2.47. The van der Waals surface area contributed by atoms with E-state index in [9.17, 15) is 8.42 Å². The predicted molar refractivity (Wildman–Crippen MR) is 87.7 cm³/mol. The zero-order valence-electron chi connectivity index (χ0n) is 12.5. The third kappa shape index (κ3) is 3.36. The lowest BCUT2D eigenvalue weighted by Gasteiger charge is -2.17. The Morgan fingerprint density at radius 3 is 2.38 bits per heavy atom. The van der Waals surface area contributed by atoms with Crippen molar-refractivity contribution in [1.29, 1.82) is 0 Å². The van der Waals surface area contributed by atoms with Crippen LogP contribution in [0.25, 0.3) is 10.8 Å². The molecule has 0 bridgehead atoms. The fourth-order valence-corrected chi connectivity index (χ4v) is 4.07. The molecule has 1 unspecified atom stereocenters. The van der Waals surface area contributed by atoms with Crippen LogP contribution < -0.4 is 10.5 Å². The molecule has 21 heavy (non-hydrogen) atoms. The van der Waals surface area contributed by atoms with Crippen LogP contribution in [0, 0.1) is 0 Å². The molecule has 1 atom stereocenters. The molecular formula is C16H22N2O2S. The van der Waals surface area contributed by atoms with E-state index in [-0.39, 0.29) is 6.04 Å². The van der Waals surface area contributed by atoms with Crippen LogP contribution in [0.5, 0.6) is 0 Å². The summed E-state index contributed by atoms with van der Waals surface area (Å²) in [4.78, 5) is 0.293. The Bertz CT molecular complexity index is 726. The van der Waals surface area contributed by atoms with Crippen molar-refractivity contribution in [2.45, 2.75) is 44.0 Å². The number of nitrogens with one attached hydrogen (secondary N) is 1. The van der Waals surface area contributed by atoms with Gasteiger partial charge in [-0.25, -0.2) is 13.1 Å². The average molecular weight is 306 g/mol. The van der Waals surface area contributed by atoms with Crippen molar-refractivity contribution in [3.05, 3.63) is 36.4 Å². The van der Waals surface area contributed by atoms with Crippen LogP contribution >= 0.6 is 0 Å². The Morgan fingerprint density at radius 1 is 1.10 bits per heavy atom. The van der Waals surface area contributed by atoms with E-state index in [1.165, 1.54) is 0 Å². The number of nitrogens with two attached hydrogens (primary N) is 1. The molecule has 2 rings (SSSR count). The first-order valence-electron chi connectivity index (χ1n) is 7.29. The largest absolute Gasteiger partial charge is 0.398 e. The summed E-state index contributed by atoms with van der Waals surface area (Å²) >= 11 is 0. The molecule has 2 aromatic carbocycles. The molecule has 4 nitrogen and oxygen atoms in total. The van der Waals surface area contributed by atoms with Crippen molar-refractivity contribution in [3.8, 4) is 0 Å². The third-order valence-electron chi connectivity index (χ3n) is 3.66. The smallest absolute Gasteiger partial charge is 0.241 e. The molecule has 0 saturated carbocycles. The van der Waals surface area contributed by atoms with E-state index in [2.05, 4.69) is 11.6 Å². The number of fused-ring (bicyclic) bond motifs is 1. The zero-order valence-corrected chi connectivity index (χ0v) is 13.3. The van der Waals surface area contributed by atoms with Crippen LogP contribution in [-0.4, -0.2) is 14.5 Å². The number of rotatable bonds is 6. The molecule has 5 heteroatoms. The van der Waals surface area contributed by atoms with E-state index in [1.54, 1.807) is 18.2 Å². The van der Waals surface area contributed by atoms with Crippen molar-refractivity contribution in [1.82, 2.24) is 4.72 Å². The van der Waals surface area contributed by atoms with E-state index in [0.717, 1.165) is 24.6 Å². The number of hydrogen-bond acceptors (Lipinski definition) is 3. The van der Waals surface area contributed by atoms with Crippen molar-refractivity contribution >= 4 is 26.5 Å². The second-order valence-electron chi connectivity index (χ2n) is 5.21. The van der Waals surface area contributed by atoms with Gasteiger partial charge in [-0.2, -0.15) is 0 Å². The van der Waals surface area contributed by atoms with Crippen molar-refractivity contribution < 1.29 is 8.42 Å². The summed E-state index contributed by atoms with van der Waals surface area (Å²) in [6.45, 7) is 4.04. The molecule has 0 saturated heterocycles. The lowest BCUT2D eigenvalue weighted by atomic mass is 10.1. The van der Waals surface area contributed by atoms with Crippen LogP contribution in [0.1, 0.15) is 33.1 Å². The van der Waals surface area contributed by atoms with Crippen molar-refractivity contribution in [2.24, 2.45) is 0 Å². The highest BCUT2D eigenvalue weighted by Crippen LogP contribution is 2.27. The molecule has 114 valence electrons. The maximum atomic E-state index is 12.6. The van der Waals surface area contributed by atoms with Crippen molar-refractivity contribution in [3.63, 3.8) is 0 Å².